The molecule has 0 amide bonds. The molecule has 82 valence electrons. The predicted octanol–water partition coefficient (Wildman–Crippen LogP) is 0.734. The van der Waals surface area contributed by atoms with Gasteiger partial charge in [-0.2, -0.15) is 0 Å². The van der Waals surface area contributed by atoms with Crippen LogP contribution in [0.25, 0.3) is 0 Å². The van der Waals surface area contributed by atoms with Crippen LogP contribution in [0.2, 0.25) is 0 Å². The van der Waals surface area contributed by atoms with E-state index in [-0.39, 0.29) is 20.7 Å². The average Bonchev–Trinajstić information content (AvgIpc) is 2.39. The van der Waals surface area contributed by atoms with Crippen LogP contribution in [-0.4, -0.2) is 32.5 Å². The van der Waals surface area contributed by atoms with Crippen LogP contribution in [0, 0.1) is 0 Å². The first-order valence-corrected chi connectivity index (χ1v) is 7.72. The summed E-state index contributed by atoms with van der Waals surface area (Å²) < 4.78 is 26.9. The Hall–Kier alpha value is -0.351. The van der Waals surface area contributed by atoms with Crippen LogP contribution in [-0.2, 0) is 10.0 Å². The first kappa shape index (κ1) is 11.1. The van der Waals surface area contributed by atoms with Gasteiger partial charge in [0.15, 0.2) is 0 Å². The Labute approximate surface area is 96.9 Å². The number of fused-ring (bicyclic) bond motifs is 1. The average molecular weight is 290 g/mol. The molecule has 0 unspecified atom stereocenters. The van der Waals surface area contributed by atoms with Crippen molar-refractivity contribution in [2.75, 3.05) is 0 Å². The first-order valence-electron chi connectivity index (χ1n) is 4.66. The molecule has 0 aromatic heterocycles. The molecule has 0 N–H and O–H groups in total. The molecule has 2 rings (SSSR count). The van der Waals surface area contributed by atoms with Gasteiger partial charge in [0.2, 0.25) is 0 Å². The molecule has 15 heavy (non-hydrogen) atoms. The summed E-state index contributed by atoms with van der Waals surface area (Å²) in [7, 11) is -3.24. The van der Waals surface area contributed by atoms with Gasteiger partial charge in [0, 0.05) is 0 Å². The number of hydrogen-bond acceptors (Lipinski definition) is 2. The third-order valence-electron chi connectivity index (χ3n) is 2.07. The summed E-state index contributed by atoms with van der Waals surface area (Å²) in [5.41, 5.74) is -0.335. The third kappa shape index (κ3) is 1.74. The van der Waals surface area contributed by atoms with Crippen LogP contribution in [0.4, 0.5) is 0 Å². The molecular formula is C10H13NO2SSe. The van der Waals surface area contributed by atoms with E-state index in [9.17, 15) is 8.42 Å². The van der Waals surface area contributed by atoms with E-state index in [1.807, 2.05) is 32.9 Å². The molecular weight excluding hydrogens is 277 g/mol. The monoisotopic (exact) mass is 291 g/mol. The molecule has 1 aliphatic rings. The van der Waals surface area contributed by atoms with Gasteiger partial charge in [-0.15, -0.1) is 0 Å². The maximum absolute atomic E-state index is 12.2. The Morgan fingerprint density at radius 2 is 1.80 bits per heavy atom. The fourth-order valence-electron chi connectivity index (χ4n) is 1.46. The van der Waals surface area contributed by atoms with Crippen molar-refractivity contribution in [3.8, 4) is 0 Å². The van der Waals surface area contributed by atoms with Gasteiger partial charge in [0.1, 0.15) is 0 Å². The molecule has 5 heteroatoms. The summed E-state index contributed by atoms with van der Waals surface area (Å²) in [6, 6.07) is 7.26. The second-order valence-electron chi connectivity index (χ2n) is 4.44. The van der Waals surface area contributed by atoms with Gasteiger partial charge in [-0.25, -0.2) is 0 Å². The summed E-state index contributed by atoms with van der Waals surface area (Å²) >= 11 is -0.117. The van der Waals surface area contributed by atoms with Gasteiger partial charge in [0.05, 0.1) is 0 Å². The van der Waals surface area contributed by atoms with Crippen LogP contribution in [0.15, 0.2) is 29.2 Å². The van der Waals surface area contributed by atoms with Gasteiger partial charge in [-0.1, -0.05) is 0 Å². The molecule has 1 aromatic rings. The van der Waals surface area contributed by atoms with E-state index in [0.717, 1.165) is 4.46 Å². The summed E-state index contributed by atoms with van der Waals surface area (Å²) in [4.78, 5) is 0.486. The van der Waals surface area contributed by atoms with Crippen molar-refractivity contribution in [3.05, 3.63) is 24.3 Å². The molecule has 1 aliphatic heterocycles. The van der Waals surface area contributed by atoms with Crippen molar-refractivity contribution < 1.29 is 8.42 Å². The van der Waals surface area contributed by atoms with Crippen LogP contribution in [0.5, 0.6) is 0 Å². The SMILES string of the molecule is CC(C)(C)N1[Se]c2ccccc2S1(=O)=O. The van der Waals surface area contributed by atoms with Crippen molar-refractivity contribution in [1.82, 2.24) is 3.32 Å². The summed E-state index contributed by atoms with van der Waals surface area (Å²) in [6.45, 7) is 5.79. The standard InChI is InChI=1S/C10H13NO2SSe/c1-10(2,3)11-14(12,13)8-6-4-5-7-9(8)15-11/h4-7H,1-3H3. The second-order valence-corrected chi connectivity index (χ2v) is 8.79. The number of sulfonamides is 1. The number of benzene rings is 1. The minimum absolute atomic E-state index is 0.117. The van der Waals surface area contributed by atoms with Crippen LogP contribution < -0.4 is 4.46 Å². The van der Waals surface area contributed by atoms with E-state index in [2.05, 4.69) is 0 Å². The van der Waals surface area contributed by atoms with E-state index in [0.29, 0.717) is 4.90 Å². The normalized spacial score (nSPS) is 20.2. The second kappa shape index (κ2) is 3.32. The first-order chi connectivity index (χ1) is 6.83. The maximum atomic E-state index is 12.2. The van der Waals surface area contributed by atoms with Gasteiger partial charge < -0.3 is 0 Å². The zero-order valence-corrected chi connectivity index (χ0v) is 11.4. The number of nitrogens with zero attached hydrogens (tertiary/aromatic N) is 1. The van der Waals surface area contributed by atoms with Crippen molar-refractivity contribution in [2.24, 2.45) is 0 Å². The molecule has 1 aromatic carbocycles. The Balaban J connectivity index is 2.58. The minimum atomic E-state index is -3.24. The Morgan fingerprint density at radius 1 is 1.20 bits per heavy atom. The molecule has 0 spiro atoms. The van der Waals surface area contributed by atoms with E-state index >= 15 is 0 Å². The molecule has 0 bridgehead atoms. The molecule has 0 fully saturated rings. The van der Waals surface area contributed by atoms with E-state index in [1.54, 1.807) is 15.5 Å². The Bertz CT molecular complexity index is 490. The van der Waals surface area contributed by atoms with E-state index in [1.165, 1.54) is 0 Å². The fourth-order valence-corrected chi connectivity index (χ4v) is 7.00. The van der Waals surface area contributed by atoms with E-state index in [4.69, 9.17) is 0 Å². The quantitative estimate of drug-likeness (QED) is 0.661. The van der Waals surface area contributed by atoms with E-state index < -0.39 is 10.0 Å². The molecule has 0 saturated carbocycles. The molecule has 0 saturated heterocycles. The van der Waals surface area contributed by atoms with Gasteiger partial charge in [-0.3, -0.25) is 0 Å². The molecule has 1 heterocycles. The zero-order valence-electron chi connectivity index (χ0n) is 8.89. The van der Waals surface area contributed by atoms with Gasteiger partial charge in [0.25, 0.3) is 0 Å². The van der Waals surface area contributed by atoms with Crippen LogP contribution in [0.1, 0.15) is 20.8 Å². The summed E-state index contributed by atoms with van der Waals surface area (Å²) in [5.74, 6) is 0. The van der Waals surface area contributed by atoms with Crippen LogP contribution >= 0.6 is 0 Å². The molecule has 3 nitrogen and oxygen atoms in total. The van der Waals surface area contributed by atoms with Crippen molar-refractivity contribution in [1.29, 1.82) is 0 Å². The van der Waals surface area contributed by atoms with Crippen molar-refractivity contribution in [2.45, 2.75) is 31.2 Å². The van der Waals surface area contributed by atoms with Crippen molar-refractivity contribution in [3.63, 3.8) is 0 Å². The Morgan fingerprint density at radius 3 is 2.33 bits per heavy atom. The molecule has 0 atom stereocenters. The van der Waals surface area contributed by atoms with Crippen molar-refractivity contribution >= 4 is 29.7 Å². The topological polar surface area (TPSA) is 37.4 Å². The van der Waals surface area contributed by atoms with Gasteiger partial charge in [-0.05, 0) is 0 Å². The Kier molecular flexibility index (Phi) is 2.47. The number of rotatable bonds is 0. The summed E-state index contributed by atoms with van der Waals surface area (Å²) in [5, 5.41) is 0. The number of hydrogen-bond donors (Lipinski definition) is 0. The van der Waals surface area contributed by atoms with Gasteiger partial charge >= 0.3 is 96.9 Å². The fraction of sp³-hybridized carbons (Fsp3) is 0.400. The summed E-state index contributed by atoms with van der Waals surface area (Å²) in [6.07, 6.45) is 0. The predicted molar refractivity (Wildman–Crippen MR) is 60.6 cm³/mol. The molecule has 0 aliphatic carbocycles. The van der Waals surface area contributed by atoms with Crippen LogP contribution in [0.3, 0.4) is 0 Å². The molecule has 0 radical (unpaired) electrons. The third-order valence-corrected chi connectivity index (χ3v) is 8.54. The zero-order chi connectivity index (χ0) is 11.3.